The summed E-state index contributed by atoms with van der Waals surface area (Å²) in [6, 6.07) is 1.89. The summed E-state index contributed by atoms with van der Waals surface area (Å²) < 4.78 is 36.2. The van der Waals surface area contributed by atoms with Gasteiger partial charge in [0.1, 0.15) is 11.9 Å². The van der Waals surface area contributed by atoms with Gasteiger partial charge in [0.2, 0.25) is 0 Å². The Labute approximate surface area is 90.8 Å². The summed E-state index contributed by atoms with van der Waals surface area (Å²) in [4.78, 5) is 10.7. The summed E-state index contributed by atoms with van der Waals surface area (Å²) in [7, 11) is -3.66. The number of halogens is 1. The van der Waals surface area contributed by atoms with Crippen LogP contribution in [0.1, 0.15) is 0 Å². The SMILES string of the molecule is O=C(O)C1CS(=O)(=O)c2ccc(F)cc2N1. The molecule has 7 heteroatoms. The molecule has 0 saturated heterocycles. The Hall–Kier alpha value is -1.63. The third-order valence-corrected chi connectivity index (χ3v) is 4.09. The maximum Gasteiger partial charge on any atom is 0.327 e. The number of benzene rings is 1. The molecule has 0 aromatic heterocycles. The van der Waals surface area contributed by atoms with Crippen LogP contribution in [-0.4, -0.2) is 31.3 Å². The molecular formula is C9H8FNO4S. The zero-order valence-electron chi connectivity index (χ0n) is 7.97. The smallest absolute Gasteiger partial charge is 0.327 e. The fourth-order valence-corrected chi connectivity index (χ4v) is 3.13. The van der Waals surface area contributed by atoms with Gasteiger partial charge in [-0.2, -0.15) is 0 Å². The summed E-state index contributed by atoms with van der Waals surface area (Å²) >= 11 is 0. The quantitative estimate of drug-likeness (QED) is 0.703. The van der Waals surface area contributed by atoms with Gasteiger partial charge in [-0.1, -0.05) is 0 Å². The normalized spacial score (nSPS) is 21.9. The van der Waals surface area contributed by atoms with Gasteiger partial charge in [0.05, 0.1) is 16.3 Å². The number of anilines is 1. The minimum atomic E-state index is -3.66. The molecule has 2 N–H and O–H groups in total. The van der Waals surface area contributed by atoms with Crippen LogP contribution in [0.25, 0.3) is 0 Å². The first-order chi connectivity index (χ1) is 7.40. The summed E-state index contributed by atoms with van der Waals surface area (Å²) in [5.74, 6) is -2.42. The van der Waals surface area contributed by atoms with Crippen molar-refractivity contribution in [2.75, 3.05) is 11.1 Å². The monoisotopic (exact) mass is 245 g/mol. The highest BCUT2D eigenvalue weighted by atomic mass is 32.2. The van der Waals surface area contributed by atoms with Crippen LogP contribution in [0.3, 0.4) is 0 Å². The molecule has 1 aromatic carbocycles. The standard InChI is InChI=1S/C9H8FNO4S/c10-5-1-2-8-6(3-5)11-7(9(12)13)4-16(8,14)15/h1-3,7,11H,4H2,(H,12,13). The van der Waals surface area contributed by atoms with E-state index in [4.69, 9.17) is 5.11 Å². The number of nitrogens with one attached hydrogen (secondary N) is 1. The van der Waals surface area contributed by atoms with E-state index in [1.54, 1.807) is 0 Å². The molecule has 1 aromatic rings. The third-order valence-electron chi connectivity index (χ3n) is 2.29. The van der Waals surface area contributed by atoms with E-state index in [9.17, 15) is 17.6 Å². The lowest BCUT2D eigenvalue weighted by Gasteiger charge is -2.23. The van der Waals surface area contributed by atoms with E-state index in [-0.39, 0.29) is 10.6 Å². The molecule has 5 nitrogen and oxygen atoms in total. The molecule has 1 atom stereocenters. The van der Waals surface area contributed by atoms with E-state index in [2.05, 4.69) is 5.32 Å². The van der Waals surface area contributed by atoms with E-state index in [0.29, 0.717) is 0 Å². The molecule has 0 fully saturated rings. The molecule has 1 heterocycles. The average molecular weight is 245 g/mol. The molecule has 2 rings (SSSR count). The predicted octanol–water partition coefficient (Wildman–Crippen LogP) is 0.478. The number of carbonyl (C=O) groups is 1. The molecular weight excluding hydrogens is 237 g/mol. The van der Waals surface area contributed by atoms with Crippen molar-refractivity contribution in [2.24, 2.45) is 0 Å². The number of rotatable bonds is 1. The minimum Gasteiger partial charge on any atom is -0.480 e. The first-order valence-corrected chi connectivity index (χ1v) is 6.07. The fraction of sp³-hybridized carbons (Fsp3) is 0.222. The lowest BCUT2D eigenvalue weighted by Crippen LogP contribution is -2.40. The number of hydrogen-bond donors (Lipinski definition) is 2. The second kappa shape index (κ2) is 3.44. The predicted molar refractivity (Wildman–Crippen MR) is 53.5 cm³/mol. The Balaban J connectivity index is 2.56. The van der Waals surface area contributed by atoms with Crippen LogP contribution >= 0.6 is 0 Å². The van der Waals surface area contributed by atoms with E-state index in [1.165, 1.54) is 0 Å². The zero-order valence-corrected chi connectivity index (χ0v) is 8.79. The van der Waals surface area contributed by atoms with Gasteiger partial charge in [-0.25, -0.2) is 17.6 Å². The highest BCUT2D eigenvalue weighted by molar-refractivity contribution is 7.91. The second-order valence-electron chi connectivity index (χ2n) is 3.46. The minimum absolute atomic E-state index is 0.00125. The third kappa shape index (κ3) is 1.73. The van der Waals surface area contributed by atoms with Crippen molar-refractivity contribution in [3.8, 4) is 0 Å². The fourth-order valence-electron chi connectivity index (χ4n) is 1.56. The van der Waals surface area contributed by atoms with Crippen LogP contribution < -0.4 is 5.32 Å². The molecule has 0 spiro atoms. The molecule has 0 saturated carbocycles. The number of carboxylic acid groups (broad SMARTS) is 1. The van der Waals surface area contributed by atoms with E-state index in [0.717, 1.165) is 18.2 Å². The van der Waals surface area contributed by atoms with Gasteiger partial charge in [0.15, 0.2) is 9.84 Å². The van der Waals surface area contributed by atoms with Gasteiger partial charge in [0.25, 0.3) is 0 Å². The Bertz CT molecular complexity index is 555. The Morgan fingerprint density at radius 3 is 2.81 bits per heavy atom. The molecule has 0 bridgehead atoms. The lowest BCUT2D eigenvalue weighted by atomic mass is 10.2. The molecule has 16 heavy (non-hydrogen) atoms. The Kier molecular flexibility index (Phi) is 2.34. The Morgan fingerprint density at radius 2 is 2.19 bits per heavy atom. The maximum absolute atomic E-state index is 12.9. The van der Waals surface area contributed by atoms with Crippen molar-refractivity contribution in [1.29, 1.82) is 0 Å². The van der Waals surface area contributed by atoms with E-state index >= 15 is 0 Å². The van der Waals surface area contributed by atoms with E-state index < -0.39 is 33.4 Å². The van der Waals surface area contributed by atoms with Gasteiger partial charge in [-0.05, 0) is 18.2 Å². The summed E-state index contributed by atoms with van der Waals surface area (Å²) in [6.07, 6.45) is 0. The van der Waals surface area contributed by atoms with Crippen LogP contribution in [-0.2, 0) is 14.6 Å². The van der Waals surface area contributed by atoms with Crippen molar-refractivity contribution < 1.29 is 22.7 Å². The zero-order chi connectivity index (χ0) is 11.9. The van der Waals surface area contributed by atoms with E-state index in [1.807, 2.05) is 0 Å². The van der Waals surface area contributed by atoms with Crippen LogP contribution in [0.5, 0.6) is 0 Å². The maximum atomic E-state index is 12.9. The second-order valence-corrected chi connectivity index (χ2v) is 5.46. The van der Waals surface area contributed by atoms with Crippen LogP contribution in [0.2, 0.25) is 0 Å². The number of fused-ring (bicyclic) bond motifs is 1. The Morgan fingerprint density at radius 1 is 1.50 bits per heavy atom. The highest BCUT2D eigenvalue weighted by Crippen LogP contribution is 2.29. The molecule has 0 amide bonds. The van der Waals surface area contributed by atoms with Gasteiger partial charge < -0.3 is 10.4 Å². The number of carboxylic acids is 1. The summed E-state index contributed by atoms with van der Waals surface area (Å²) in [5.41, 5.74) is -0.00125. The van der Waals surface area contributed by atoms with Gasteiger partial charge >= 0.3 is 5.97 Å². The van der Waals surface area contributed by atoms with Crippen molar-refractivity contribution in [3.05, 3.63) is 24.0 Å². The molecule has 0 aliphatic carbocycles. The topological polar surface area (TPSA) is 83.5 Å². The van der Waals surface area contributed by atoms with Crippen molar-refractivity contribution in [1.82, 2.24) is 0 Å². The van der Waals surface area contributed by atoms with Gasteiger partial charge in [-0.3, -0.25) is 0 Å². The average Bonchev–Trinajstić information content (AvgIpc) is 2.15. The molecule has 1 unspecified atom stereocenters. The van der Waals surface area contributed by atoms with Crippen molar-refractivity contribution in [3.63, 3.8) is 0 Å². The first-order valence-electron chi connectivity index (χ1n) is 4.42. The van der Waals surface area contributed by atoms with Crippen LogP contribution in [0.4, 0.5) is 10.1 Å². The largest absolute Gasteiger partial charge is 0.480 e. The summed E-state index contributed by atoms with van der Waals surface area (Å²) in [6.45, 7) is 0. The highest BCUT2D eigenvalue weighted by Gasteiger charge is 2.33. The van der Waals surface area contributed by atoms with Gasteiger partial charge in [-0.15, -0.1) is 0 Å². The number of hydrogen-bond acceptors (Lipinski definition) is 4. The molecule has 1 aliphatic heterocycles. The van der Waals surface area contributed by atoms with Gasteiger partial charge in [0, 0.05) is 0 Å². The lowest BCUT2D eigenvalue weighted by molar-refractivity contribution is -0.137. The summed E-state index contributed by atoms with van der Waals surface area (Å²) in [5, 5.41) is 11.2. The molecule has 0 radical (unpaired) electrons. The van der Waals surface area contributed by atoms with Crippen LogP contribution in [0.15, 0.2) is 23.1 Å². The number of aliphatic carboxylic acids is 1. The molecule has 1 aliphatic rings. The first kappa shape index (κ1) is 10.9. The van der Waals surface area contributed by atoms with Crippen LogP contribution in [0, 0.1) is 5.82 Å². The molecule has 86 valence electrons. The number of sulfone groups is 1. The van der Waals surface area contributed by atoms with Crippen molar-refractivity contribution in [2.45, 2.75) is 10.9 Å². The van der Waals surface area contributed by atoms with Crippen molar-refractivity contribution >= 4 is 21.5 Å².